The van der Waals surface area contributed by atoms with E-state index >= 15 is 0 Å². The molecule has 1 aliphatic rings. The molecule has 3 aromatic carbocycles. The number of thiazole rings is 1. The van der Waals surface area contributed by atoms with Crippen molar-refractivity contribution in [3.63, 3.8) is 0 Å². The van der Waals surface area contributed by atoms with Crippen molar-refractivity contribution in [3.05, 3.63) is 101 Å². The number of ether oxygens (including phenoxy) is 2. The van der Waals surface area contributed by atoms with Gasteiger partial charge in [-0.3, -0.25) is 0 Å². The largest absolute Gasteiger partial charge is 0.573 e. The molecule has 9 heteroatoms. The minimum Gasteiger partial charge on any atom is -0.423 e. The van der Waals surface area contributed by atoms with Crippen LogP contribution in [-0.4, -0.2) is 17.3 Å². The number of allylic oxidation sites excluding steroid dienone is 1. The van der Waals surface area contributed by atoms with Crippen molar-refractivity contribution in [3.8, 4) is 11.5 Å². The molecule has 0 amide bonds. The van der Waals surface area contributed by atoms with Crippen LogP contribution >= 0.6 is 22.9 Å². The van der Waals surface area contributed by atoms with Gasteiger partial charge in [-0.05, 0) is 77.4 Å². The summed E-state index contributed by atoms with van der Waals surface area (Å²) in [6, 6.07) is 17.0. The van der Waals surface area contributed by atoms with E-state index in [2.05, 4.69) is 16.3 Å². The third-order valence-electron chi connectivity index (χ3n) is 6.40. The summed E-state index contributed by atoms with van der Waals surface area (Å²) in [4.78, 5) is 16.6. The number of benzene rings is 3. The fourth-order valence-electron chi connectivity index (χ4n) is 4.55. The summed E-state index contributed by atoms with van der Waals surface area (Å²) in [6.07, 6.45) is -0.982. The molecular formula is C29H21ClF3NO3S. The van der Waals surface area contributed by atoms with E-state index in [1.165, 1.54) is 23.5 Å². The van der Waals surface area contributed by atoms with Gasteiger partial charge in [-0.25, -0.2) is 9.78 Å². The molecule has 0 radical (unpaired) electrons. The average Bonchev–Trinajstić information content (AvgIpc) is 3.31. The standard InChI is InChI=1S/C29H21ClF3NO3S/c1-2-26(35)36-24-9-4-3-8-21(24)28(18-10-13-25-23(14-18)34-16-38-25)27(17-6-5-7-17)20-12-11-19(15-22(20)30)37-29(31,32)33/h2-4,8-17H,1,5-7H2/b28-27+. The lowest BCUT2D eigenvalue weighted by Gasteiger charge is -2.32. The number of para-hydroxylation sites is 1. The number of carbonyl (C=O) groups excluding carboxylic acids is 1. The number of aromatic nitrogens is 1. The third-order valence-corrected chi connectivity index (χ3v) is 7.52. The second kappa shape index (κ2) is 10.6. The third kappa shape index (κ3) is 5.47. The number of fused-ring (bicyclic) bond motifs is 1. The molecule has 4 aromatic rings. The molecule has 1 aliphatic carbocycles. The molecule has 1 heterocycles. The summed E-state index contributed by atoms with van der Waals surface area (Å²) >= 11 is 8.15. The topological polar surface area (TPSA) is 48.4 Å². The van der Waals surface area contributed by atoms with Gasteiger partial charge in [0.05, 0.1) is 20.7 Å². The monoisotopic (exact) mass is 555 g/mol. The van der Waals surface area contributed by atoms with E-state index in [-0.39, 0.29) is 10.9 Å². The van der Waals surface area contributed by atoms with Crippen molar-refractivity contribution in [2.75, 3.05) is 0 Å². The van der Waals surface area contributed by atoms with Crippen molar-refractivity contribution >= 4 is 50.3 Å². The Kier molecular flexibility index (Phi) is 7.27. The Hall–Kier alpha value is -3.62. The lowest BCUT2D eigenvalue weighted by molar-refractivity contribution is -0.274. The lowest BCUT2D eigenvalue weighted by Crippen LogP contribution is -2.18. The summed E-state index contributed by atoms with van der Waals surface area (Å²) < 4.78 is 49.2. The van der Waals surface area contributed by atoms with Crippen LogP contribution in [0.15, 0.2) is 78.8 Å². The van der Waals surface area contributed by atoms with Crippen molar-refractivity contribution in [1.29, 1.82) is 0 Å². The molecule has 5 rings (SSSR count). The second-order valence-electron chi connectivity index (χ2n) is 8.76. The SMILES string of the molecule is C=CC(=O)Oc1ccccc1/C(=C(/c1ccc(OC(F)(F)F)cc1Cl)C1CCC1)c1ccc2scnc2c1. The Morgan fingerprint density at radius 3 is 2.55 bits per heavy atom. The van der Waals surface area contributed by atoms with Gasteiger partial charge in [0.25, 0.3) is 0 Å². The highest BCUT2D eigenvalue weighted by atomic mass is 35.5. The fourth-order valence-corrected chi connectivity index (χ4v) is 5.48. The van der Waals surface area contributed by atoms with E-state index in [0.29, 0.717) is 16.9 Å². The zero-order valence-electron chi connectivity index (χ0n) is 19.9. The molecule has 1 fully saturated rings. The zero-order valence-corrected chi connectivity index (χ0v) is 21.5. The predicted octanol–water partition coefficient (Wildman–Crippen LogP) is 8.70. The number of alkyl halides is 3. The Morgan fingerprint density at radius 1 is 1.08 bits per heavy atom. The van der Waals surface area contributed by atoms with Crippen LogP contribution in [0.25, 0.3) is 21.4 Å². The molecule has 0 bridgehead atoms. The van der Waals surface area contributed by atoms with Crippen molar-refractivity contribution < 1.29 is 27.4 Å². The Bertz CT molecular complexity index is 1560. The summed E-state index contributed by atoms with van der Waals surface area (Å²) in [5.41, 5.74) is 6.24. The van der Waals surface area contributed by atoms with Crippen LogP contribution in [0.5, 0.6) is 11.5 Å². The highest BCUT2D eigenvalue weighted by Gasteiger charge is 2.33. The molecule has 4 nitrogen and oxygen atoms in total. The molecular weight excluding hydrogens is 535 g/mol. The van der Waals surface area contributed by atoms with Crippen LogP contribution in [0.3, 0.4) is 0 Å². The molecule has 0 N–H and O–H groups in total. The van der Waals surface area contributed by atoms with Gasteiger partial charge in [0.2, 0.25) is 0 Å². The quantitative estimate of drug-likeness (QED) is 0.0990. The van der Waals surface area contributed by atoms with E-state index in [4.69, 9.17) is 16.3 Å². The van der Waals surface area contributed by atoms with Gasteiger partial charge >= 0.3 is 12.3 Å². The van der Waals surface area contributed by atoms with Crippen molar-refractivity contribution in [2.24, 2.45) is 5.92 Å². The Labute approximate surface area is 226 Å². The maximum Gasteiger partial charge on any atom is 0.573 e. The van der Waals surface area contributed by atoms with E-state index in [0.717, 1.165) is 52.3 Å². The van der Waals surface area contributed by atoms with Crippen molar-refractivity contribution in [2.45, 2.75) is 25.6 Å². The summed E-state index contributed by atoms with van der Waals surface area (Å²) in [5, 5.41) is 0.126. The molecule has 1 aromatic heterocycles. The molecule has 1 saturated carbocycles. The van der Waals surface area contributed by atoms with Crippen LogP contribution in [0.1, 0.15) is 36.0 Å². The molecule has 0 saturated heterocycles. The van der Waals surface area contributed by atoms with Gasteiger partial charge in [0, 0.05) is 11.6 Å². The number of rotatable bonds is 7. The number of esters is 1. The van der Waals surface area contributed by atoms with Gasteiger partial charge in [-0.2, -0.15) is 0 Å². The van der Waals surface area contributed by atoms with Crippen molar-refractivity contribution in [1.82, 2.24) is 4.98 Å². The first-order valence-corrected chi connectivity index (χ1v) is 13.1. The molecule has 0 atom stereocenters. The summed E-state index contributed by atoms with van der Waals surface area (Å²) in [6.45, 7) is 3.49. The zero-order chi connectivity index (χ0) is 26.9. The smallest absolute Gasteiger partial charge is 0.423 e. The first-order chi connectivity index (χ1) is 18.2. The number of hydrogen-bond donors (Lipinski definition) is 0. The average molecular weight is 556 g/mol. The normalized spacial score (nSPS) is 14.5. The first-order valence-electron chi connectivity index (χ1n) is 11.8. The van der Waals surface area contributed by atoms with Crippen LogP contribution in [-0.2, 0) is 4.79 Å². The predicted molar refractivity (Wildman–Crippen MR) is 143 cm³/mol. The van der Waals surface area contributed by atoms with Crippen LogP contribution in [0.2, 0.25) is 5.02 Å². The molecule has 0 aliphatic heterocycles. The minimum atomic E-state index is -4.83. The van der Waals surface area contributed by atoms with Gasteiger partial charge in [-0.15, -0.1) is 24.5 Å². The van der Waals surface area contributed by atoms with E-state index < -0.39 is 18.1 Å². The van der Waals surface area contributed by atoms with Gasteiger partial charge in [0.1, 0.15) is 11.5 Å². The molecule has 38 heavy (non-hydrogen) atoms. The Balaban J connectivity index is 1.78. The van der Waals surface area contributed by atoms with Crippen LogP contribution in [0.4, 0.5) is 13.2 Å². The fraction of sp³-hybridized carbons (Fsp3) is 0.172. The number of halogens is 4. The first kappa shape index (κ1) is 26.0. The summed E-state index contributed by atoms with van der Waals surface area (Å²) in [7, 11) is 0. The van der Waals surface area contributed by atoms with Gasteiger partial charge in [0.15, 0.2) is 0 Å². The van der Waals surface area contributed by atoms with E-state index in [1.54, 1.807) is 23.7 Å². The Morgan fingerprint density at radius 2 is 1.87 bits per heavy atom. The van der Waals surface area contributed by atoms with Crippen LogP contribution in [0, 0.1) is 5.92 Å². The van der Waals surface area contributed by atoms with Gasteiger partial charge < -0.3 is 9.47 Å². The highest BCUT2D eigenvalue weighted by molar-refractivity contribution is 7.16. The number of hydrogen-bond acceptors (Lipinski definition) is 5. The molecule has 0 unspecified atom stereocenters. The van der Waals surface area contributed by atoms with Gasteiger partial charge in [-0.1, -0.05) is 48.9 Å². The van der Waals surface area contributed by atoms with Crippen LogP contribution < -0.4 is 9.47 Å². The summed E-state index contributed by atoms with van der Waals surface area (Å²) in [5.74, 6) is -0.587. The second-order valence-corrected chi connectivity index (χ2v) is 10.1. The lowest BCUT2D eigenvalue weighted by atomic mass is 9.73. The maximum absolute atomic E-state index is 12.8. The highest BCUT2D eigenvalue weighted by Crippen LogP contribution is 2.49. The minimum absolute atomic E-state index is 0.0891. The van der Waals surface area contributed by atoms with E-state index in [1.807, 2.05) is 30.3 Å². The molecule has 0 spiro atoms. The maximum atomic E-state index is 12.8. The number of carbonyl (C=O) groups is 1. The molecule has 194 valence electrons. The number of nitrogens with zero attached hydrogens (tertiary/aromatic N) is 1. The van der Waals surface area contributed by atoms with E-state index in [9.17, 15) is 18.0 Å².